The van der Waals surface area contributed by atoms with Crippen LogP contribution in [0.2, 0.25) is 0 Å². The van der Waals surface area contributed by atoms with E-state index in [1.807, 2.05) is 4.90 Å². The largest absolute Gasteiger partial charge is 0.417 e. The molecule has 4 rings (SSSR count). The topological polar surface area (TPSA) is 59.4 Å². The molecular formula is C33H45F3N4O. The zero-order valence-corrected chi connectivity index (χ0v) is 23.9. The van der Waals surface area contributed by atoms with Crippen LogP contribution in [0.5, 0.6) is 0 Å². The molecule has 2 aromatic carbocycles. The first-order valence-electron chi connectivity index (χ1n) is 14.4. The molecule has 0 spiro atoms. The molecule has 0 aliphatic carbocycles. The molecule has 224 valence electrons. The Bertz CT molecular complexity index is 1180. The summed E-state index contributed by atoms with van der Waals surface area (Å²) in [5.41, 5.74) is 1.85. The number of carbonyl (C=O) groups excluding carboxylic acids is 1. The minimum atomic E-state index is -4.58. The molecule has 0 aromatic heterocycles. The highest BCUT2D eigenvalue weighted by Crippen LogP contribution is 2.34. The number of piperidine rings is 2. The van der Waals surface area contributed by atoms with E-state index in [1.165, 1.54) is 23.4 Å². The zero-order valence-electron chi connectivity index (χ0n) is 23.9. The number of rotatable bonds is 7. The van der Waals surface area contributed by atoms with E-state index in [2.05, 4.69) is 55.3 Å². The van der Waals surface area contributed by atoms with Crippen molar-refractivity contribution in [2.75, 3.05) is 36.4 Å². The molecule has 0 saturated carbocycles. The van der Waals surface area contributed by atoms with Crippen LogP contribution < -0.4 is 10.2 Å². The summed E-state index contributed by atoms with van der Waals surface area (Å²) in [5, 5.41) is 12.1. The summed E-state index contributed by atoms with van der Waals surface area (Å²) in [5.74, 6) is 0.828. The summed E-state index contributed by atoms with van der Waals surface area (Å²) >= 11 is 0. The van der Waals surface area contributed by atoms with Gasteiger partial charge in [0.1, 0.15) is 0 Å². The van der Waals surface area contributed by atoms with Crippen molar-refractivity contribution < 1.29 is 18.0 Å². The van der Waals surface area contributed by atoms with Gasteiger partial charge in [0, 0.05) is 50.0 Å². The van der Waals surface area contributed by atoms with Crippen molar-refractivity contribution in [3.05, 3.63) is 59.2 Å². The first-order chi connectivity index (χ1) is 18.9. The van der Waals surface area contributed by atoms with Gasteiger partial charge in [-0.2, -0.15) is 18.4 Å². The summed E-state index contributed by atoms with van der Waals surface area (Å²) in [4.78, 5) is 17.2. The molecule has 5 nitrogen and oxygen atoms in total. The molecule has 2 saturated heterocycles. The van der Waals surface area contributed by atoms with Crippen molar-refractivity contribution in [3.63, 3.8) is 0 Å². The van der Waals surface area contributed by atoms with E-state index < -0.39 is 11.7 Å². The minimum absolute atomic E-state index is 0. The second kappa shape index (κ2) is 13.6. The number of halogens is 3. The summed E-state index contributed by atoms with van der Waals surface area (Å²) in [7, 11) is 0. The van der Waals surface area contributed by atoms with Crippen LogP contribution in [0, 0.1) is 17.2 Å². The highest BCUT2D eigenvalue weighted by Gasteiger charge is 2.34. The van der Waals surface area contributed by atoms with Gasteiger partial charge >= 0.3 is 6.18 Å². The Hall–Kier alpha value is -3.21. The lowest BCUT2D eigenvalue weighted by Gasteiger charge is -2.34. The van der Waals surface area contributed by atoms with Gasteiger partial charge in [0.2, 0.25) is 5.91 Å². The molecule has 2 aliphatic rings. The van der Waals surface area contributed by atoms with Gasteiger partial charge in [-0.1, -0.05) is 40.3 Å². The molecule has 2 fully saturated rings. The number of hydrogen-bond donors (Lipinski definition) is 1. The van der Waals surface area contributed by atoms with Gasteiger partial charge in [0.25, 0.3) is 0 Å². The normalized spacial score (nSPS) is 17.1. The lowest BCUT2D eigenvalue weighted by Crippen LogP contribution is -2.42. The zero-order chi connectivity index (χ0) is 28.9. The molecule has 1 amide bonds. The Labute approximate surface area is 243 Å². The lowest BCUT2D eigenvalue weighted by atomic mass is 9.87. The molecule has 1 N–H and O–H groups in total. The Kier molecular flexibility index (Phi) is 10.7. The van der Waals surface area contributed by atoms with Gasteiger partial charge in [-0.3, -0.25) is 4.79 Å². The van der Waals surface area contributed by atoms with E-state index in [-0.39, 0.29) is 30.4 Å². The predicted molar refractivity (Wildman–Crippen MR) is 160 cm³/mol. The number of carbonyl (C=O) groups is 1. The number of nitriles is 1. The van der Waals surface area contributed by atoms with Gasteiger partial charge in [-0.15, -0.1) is 0 Å². The fraction of sp³-hybridized carbons (Fsp3) is 0.576. The molecule has 2 aromatic rings. The molecular weight excluding hydrogens is 525 g/mol. The van der Waals surface area contributed by atoms with E-state index in [0.29, 0.717) is 44.0 Å². The summed E-state index contributed by atoms with van der Waals surface area (Å²) < 4.78 is 39.8. The fourth-order valence-electron chi connectivity index (χ4n) is 5.83. The Morgan fingerprint density at radius 3 is 2.17 bits per heavy atom. The number of nitrogens with zero attached hydrogens (tertiary/aromatic N) is 3. The van der Waals surface area contributed by atoms with Gasteiger partial charge in [0.15, 0.2) is 0 Å². The van der Waals surface area contributed by atoms with Crippen LogP contribution in [0.1, 0.15) is 89.8 Å². The van der Waals surface area contributed by atoms with Crippen molar-refractivity contribution in [1.82, 2.24) is 4.90 Å². The molecule has 2 heterocycles. The number of benzene rings is 2. The molecule has 0 atom stereocenters. The second-order valence-corrected chi connectivity index (χ2v) is 12.3. The Morgan fingerprint density at radius 1 is 0.976 bits per heavy atom. The average Bonchev–Trinajstić information content (AvgIpc) is 2.93. The molecule has 8 heteroatoms. The monoisotopic (exact) mass is 570 g/mol. The number of hydrogen-bond acceptors (Lipinski definition) is 4. The van der Waals surface area contributed by atoms with Crippen LogP contribution in [0.15, 0.2) is 42.5 Å². The second-order valence-electron chi connectivity index (χ2n) is 12.3. The molecule has 0 bridgehead atoms. The smallest absolute Gasteiger partial charge is 0.382 e. The Balaban J connectivity index is 0.00000462. The number of amides is 1. The number of anilines is 2. The maximum absolute atomic E-state index is 13.3. The van der Waals surface area contributed by atoms with E-state index >= 15 is 0 Å². The van der Waals surface area contributed by atoms with Crippen LogP contribution in [0.25, 0.3) is 0 Å². The van der Waals surface area contributed by atoms with Crippen molar-refractivity contribution >= 4 is 17.3 Å². The Morgan fingerprint density at radius 2 is 1.61 bits per heavy atom. The molecule has 2 aliphatic heterocycles. The lowest BCUT2D eigenvalue weighted by molar-refractivity contribution is -0.137. The third-order valence-corrected chi connectivity index (χ3v) is 8.38. The number of likely N-dealkylation sites (tertiary alicyclic amines) is 1. The van der Waals surface area contributed by atoms with Gasteiger partial charge in [0.05, 0.1) is 17.2 Å². The highest BCUT2D eigenvalue weighted by atomic mass is 19.4. The first-order valence-corrected chi connectivity index (χ1v) is 14.4. The standard InChI is InChI=1S/C32H41F3N4O.CH4/c1-31(2,3)25-8-11-28(12-9-25)38-17-13-23(14-18-38)5-4-6-30(40)39-19-15-26(16-20-39)37-27-10-7-24(22-36)29(21-27)32(33,34)35;/h7-12,21,23,26,37H,4-6,13-20H2,1-3H3;1H4. The third kappa shape index (κ3) is 8.64. The van der Waals surface area contributed by atoms with E-state index in [1.54, 1.807) is 6.07 Å². The number of nitrogens with one attached hydrogen (secondary N) is 1. The van der Waals surface area contributed by atoms with Crippen molar-refractivity contribution in [2.24, 2.45) is 5.92 Å². The van der Waals surface area contributed by atoms with Gasteiger partial charge < -0.3 is 15.1 Å². The van der Waals surface area contributed by atoms with Crippen molar-refractivity contribution in [1.29, 1.82) is 5.26 Å². The maximum Gasteiger partial charge on any atom is 0.417 e. The summed E-state index contributed by atoms with van der Waals surface area (Å²) in [6.45, 7) is 10.0. The summed E-state index contributed by atoms with van der Waals surface area (Å²) in [6.07, 6.45) is 1.61. The van der Waals surface area contributed by atoms with Crippen molar-refractivity contribution in [2.45, 2.75) is 90.8 Å². The van der Waals surface area contributed by atoms with Crippen LogP contribution in [0.3, 0.4) is 0 Å². The van der Waals surface area contributed by atoms with Crippen molar-refractivity contribution in [3.8, 4) is 6.07 Å². The molecule has 0 unspecified atom stereocenters. The maximum atomic E-state index is 13.3. The number of alkyl halides is 3. The van der Waals surface area contributed by atoms with Crippen LogP contribution in [-0.4, -0.2) is 43.0 Å². The van der Waals surface area contributed by atoms with E-state index in [9.17, 15) is 18.0 Å². The average molecular weight is 571 g/mol. The van der Waals surface area contributed by atoms with Crippen LogP contribution >= 0.6 is 0 Å². The van der Waals surface area contributed by atoms with E-state index in [0.717, 1.165) is 44.8 Å². The van der Waals surface area contributed by atoms with Gasteiger partial charge in [-0.05, 0) is 85.8 Å². The third-order valence-electron chi connectivity index (χ3n) is 8.38. The van der Waals surface area contributed by atoms with E-state index in [4.69, 9.17) is 5.26 Å². The van der Waals surface area contributed by atoms with Crippen LogP contribution in [0.4, 0.5) is 24.5 Å². The highest BCUT2D eigenvalue weighted by molar-refractivity contribution is 5.76. The summed E-state index contributed by atoms with van der Waals surface area (Å²) in [6, 6.07) is 14.3. The van der Waals surface area contributed by atoms with Crippen LogP contribution in [-0.2, 0) is 16.4 Å². The first kappa shape index (κ1) is 32.3. The fourth-order valence-corrected chi connectivity index (χ4v) is 5.83. The molecule has 41 heavy (non-hydrogen) atoms. The molecule has 0 radical (unpaired) electrons. The predicted octanol–water partition coefficient (Wildman–Crippen LogP) is 8.00. The van der Waals surface area contributed by atoms with Gasteiger partial charge in [-0.25, -0.2) is 0 Å². The minimum Gasteiger partial charge on any atom is -0.382 e. The quantitative estimate of drug-likeness (QED) is 0.366. The SMILES string of the molecule is C.CC(C)(C)c1ccc(N2CCC(CCCC(=O)N3CCC(Nc4ccc(C#N)c(C(F)(F)F)c4)CC3)CC2)cc1.